The monoisotopic (exact) mass is 1430 g/mol. The Morgan fingerprint density at radius 2 is 0.733 bits per heavy atom. The van der Waals surface area contributed by atoms with Crippen LogP contribution in [-0.4, -0.2) is 52.6 Å². The van der Waals surface area contributed by atoms with Crippen LogP contribution in [0.4, 0.5) is 80.1 Å². The predicted molar refractivity (Wildman–Crippen MR) is 395 cm³/mol. The van der Waals surface area contributed by atoms with E-state index in [-0.39, 0.29) is 33.7 Å². The summed E-state index contributed by atoms with van der Waals surface area (Å²) in [7, 11) is 0. The smallest absolute Gasteiger partial charge is 0.399 e. The van der Waals surface area contributed by atoms with Crippen molar-refractivity contribution in [2.45, 2.75) is 172 Å². The second-order valence-electron chi connectivity index (χ2n) is 23.8. The maximum atomic E-state index is 12.8. The van der Waals surface area contributed by atoms with Gasteiger partial charge in [0.25, 0.3) is 0 Å². The molecule has 2 aliphatic heterocycles. The molecule has 0 radical (unpaired) electrons. The first-order chi connectivity index (χ1) is 47.5. The van der Waals surface area contributed by atoms with Gasteiger partial charge in [-0.1, -0.05) is 180 Å². The fourth-order valence-corrected chi connectivity index (χ4v) is 8.78. The summed E-state index contributed by atoms with van der Waals surface area (Å²) >= 11 is 0. The Bertz CT molecular complexity index is 3230. The lowest BCUT2D eigenvalue weighted by Gasteiger charge is -2.28. The van der Waals surface area contributed by atoms with Crippen LogP contribution in [0, 0.1) is 62.6 Å². The quantitative estimate of drug-likeness (QED) is 0.0938. The number of nitrogen functional groups attached to an aromatic ring is 2. The molecule has 10 rings (SSSR count). The Labute approximate surface area is 593 Å². The molecule has 4 N–H and O–H groups in total. The number of nitrogens with zero attached hydrogens (tertiary/aromatic N) is 2. The van der Waals surface area contributed by atoms with E-state index in [1.54, 1.807) is 39.0 Å². The summed E-state index contributed by atoms with van der Waals surface area (Å²) in [5.41, 5.74) is 19.1. The van der Waals surface area contributed by atoms with Crippen molar-refractivity contribution in [3.63, 3.8) is 0 Å². The van der Waals surface area contributed by atoms with Crippen molar-refractivity contribution in [3.05, 3.63) is 260 Å². The van der Waals surface area contributed by atoms with E-state index in [0.29, 0.717) is 23.3 Å². The zero-order valence-corrected chi connectivity index (χ0v) is 61.1. The Hall–Kier alpha value is -8.03. The molecule has 0 atom stereocenters. The molecule has 6 nitrogen and oxygen atoms in total. The average Bonchev–Trinajstić information content (AvgIpc) is 0.816. The van der Waals surface area contributed by atoms with Crippen LogP contribution in [0.15, 0.2) is 170 Å². The topological polar surface area (TPSA) is 77.0 Å². The van der Waals surface area contributed by atoms with Crippen LogP contribution in [0.5, 0.6) is 0 Å². The summed E-state index contributed by atoms with van der Waals surface area (Å²) in [6, 6.07) is 46.4. The van der Waals surface area contributed by atoms with Crippen LogP contribution in [0.3, 0.4) is 0 Å². The molecule has 19 heteroatoms. The molecule has 0 spiro atoms. The first kappa shape index (κ1) is 93.0. The normalized spacial score (nSPS) is 12.0. The molecule has 0 saturated carbocycles. The first-order valence-corrected chi connectivity index (χ1v) is 34.5. The van der Waals surface area contributed by atoms with Crippen LogP contribution >= 0.6 is 0 Å². The van der Waals surface area contributed by atoms with Crippen molar-refractivity contribution in [2.75, 3.05) is 73.9 Å². The van der Waals surface area contributed by atoms with Gasteiger partial charge >= 0.3 is 12.4 Å². The van der Waals surface area contributed by atoms with Gasteiger partial charge in [-0.3, -0.25) is 4.70 Å². The number of nitrogens with two attached hydrogens (primary N) is 2. The molecule has 0 unspecified atom stereocenters. The van der Waals surface area contributed by atoms with Gasteiger partial charge in [0.2, 0.25) is 0 Å². The number of alkyl halides is 6. The van der Waals surface area contributed by atoms with Crippen LogP contribution in [-0.2, 0) is 47.5 Å². The van der Waals surface area contributed by atoms with Crippen molar-refractivity contribution >= 4 is 22.7 Å². The molecule has 0 aliphatic carbocycles. The van der Waals surface area contributed by atoms with E-state index < -0.39 is 46.7 Å². The number of morpholine rings is 2. The van der Waals surface area contributed by atoms with E-state index in [2.05, 4.69) is 126 Å². The molecule has 101 heavy (non-hydrogen) atoms. The number of benzene rings is 8. The fourth-order valence-electron chi connectivity index (χ4n) is 8.78. The second kappa shape index (κ2) is 52.9. The van der Waals surface area contributed by atoms with E-state index in [1.165, 1.54) is 123 Å². The van der Waals surface area contributed by atoms with Gasteiger partial charge in [-0.2, -0.15) is 26.3 Å². The summed E-state index contributed by atoms with van der Waals surface area (Å²) in [5, 5.41) is 0. The summed E-state index contributed by atoms with van der Waals surface area (Å²) in [4.78, 5) is 4.78. The summed E-state index contributed by atoms with van der Waals surface area (Å²) in [6.07, 6.45) is 4.86. The largest absolute Gasteiger partial charge is 0.416 e. The highest BCUT2D eigenvalue weighted by molar-refractivity contribution is 5.49. The molecular weight excluding hydrogens is 1320 g/mol. The van der Waals surface area contributed by atoms with E-state index >= 15 is 0 Å². The highest BCUT2D eigenvalue weighted by Crippen LogP contribution is 2.36. The number of aryl methyl sites for hydroxylation is 8. The molecule has 2 saturated heterocycles. The number of halogens is 13. The number of rotatable bonds is 12. The lowest BCUT2D eigenvalue weighted by atomic mass is 10.1. The van der Waals surface area contributed by atoms with E-state index in [4.69, 9.17) is 20.9 Å². The molecule has 0 amide bonds. The van der Waals surface area contributed by atoms with Crippen molar-refractivity contribution in [3.8, 4) is 0 Å². The number of unbranched alkanes of at least 4 members (excludes halogenated alkanes) is 2. The van der Waals surface area contributed by atoms with Crippen LogP contribution in [0.2, 0.25) is 0 Å². The van der Waals surface area contributed by atoms with Crippen LogP contribution in [0.1, 0.15) is 162 Å². The maximum absolute atomic E-state index is 12.8. The third kappa shape index (κ3) is 41.5. The minimum Gasteiger partial charge on any atom is -0.399 e. The highest BCUT2D eigenvalue weighted by Gasteiger charge is 2.36. The van der Waals surface area contributed by atoms with Gasteiger partial charge in [-0.25, -0.2) is 26.3 Å². The zero-order valence-electron chi connectivity index (χ0n) is 61.1. The van der Waals surface area contributed by atoms with Crippen LogP contribution in [0.25, 0.3) is 0 Å². The molecule has 560 valence electrons. The minimum atomic E-state index is -4.76. The molecular formula is C82H109F13N4O2. The summed E-state index contributed by atoms with van der Waals surface area (Å²) in [6.45, 7) is 31.1. The molecule has 2 aliphatic rings. The van der Waals surface area contributed by atoms with E-state index in [1.807, 2.05) is 24.3 Å². The van der Waals surface area contributed by atoms with Crippen molar-refractivity contribution in [1.29, 1.82) is 0 Å². The maximum Gasteiger partial charge on any atom is 0.416 e. The molecule has 8 aromatic rings. The minimum absolute atomic E-state index is 0. The SMILES string of the molecule is CCCC.CCCC.CCCc1ccc(N)c(F)c1.CCCc1ccc(N)cc1.CCCc1ccc(N2CCOCC2)cc1.CCCc1ccc(N2CCOCC2)cc1.Cc1cc(C(F)(F)F)cc(C(F)(F)F)c1.Cc1ccc(F)c(F)c1.Cc1ccc(F)cc1F.Cc1ccccc1F.F. The summed E-state index contributed by atoms with van der Waals surface area (Å²) < 4.78 is 158. The van der Waals surface area contributed by atoms with Gasteiger partial charge in [-0.05, 0) is 189 Å². The fraction of sp³-hybridized carbons (Fsp3) is 0.415. The van der Waals surface area contributed by atoms with Crippen molar-refractivity contribution in [1.82, 2.24) is 0 Å². The Morgan fingerprint density at radius 3 is 1.06 bits per heavy atom. The number of hydrogen-bond donors (Lipinski definition) is 2. The van der Waals surface area contributed by atoms with Gasteiger partial charge in [0.15, 0.2) is 11.6 Å². The van der Waals surface area contributed by atoms with Gasteiger partial charge in [0, 0.05) is 49.3 Å². The van der Waals surface area contributed by atoms with Gasteiger partial charge in [0.1, 0.15) is 23.3 Å². The van der Waals surface area contributed by atoms with Gasteiger partial charge in [0.05, 0.1) is 43.2 Å². The van der Waals surface area contributed by atoms with E-state index in [9.17, 15) is 52.7 Å². The lowest BCUT2D eigenvalue weighted by Crippen LogP contribution is -2.36. The third-order valence-electron chi connectivity index (χ3n) is 14.8. The van der Waals surface area contributed by atoms with E-state index in [0.717, 1.165) is 107 Å². The van der Waals surface area contributed by atoms with Crippen molar-refractivity contribution < 1.29 is 66.9 Å². The molecule has 0 bridgehead atoms. The molecule has 0 aromatic heterocycles. The number of hydrogen-bond acceptors (Lipinski definition) is 6. The predicted octanol–water partition coefficient (Wildman–Crippen LogP) is 24.0. The Morgan fingerprint density at radius 1 is 0.347 bits per heavy atom. The van der Waals surface area contributed by atoms with Gasteiger partial charge in [-0.15, -0.1) is 0 Å². The third-order valence-corrected chi connectivity index (χ3v) is 14.8. The molecule has 2 heterocycles. The highest BCUT2D eigenvalue weighted by atomic mass is 19.4. The standard InChI is InChI=1S/2C13H19NO.C9H6F6.C9H12FN.C9H13N.2C7H6F2.C7H7F.2C4H10.FH/c2*1-2-3-12-4-6-13(7-5-12)14-8-10-15-11-9-14;1-5-2-6(8(10,11)12)4-7(3-5)9(13,14)15;1-2-3-7-4-5-9(11)8(10)6-7;1-2-3-8-4-6-9(10)7-5-8;1-5-2-3-6(8)4-7(5)9;1-5-2-3-6(8)7(9)4-5;1-6-4-2-3-5-7(6)8;2*1-3-4-2;/h2*4-7H,2-3,8-11H2,1H3;2-4H,1H3;4-6H,2-3,11H2,1H3;4-7H,2-3,10H2,1H3;2*2-4H,1H3;2-5H,1H3;2*3-4H2,1-2H3;1H. The Balaban J connectivity index is 0.00000112. The summed E-state index contributed by atoms with van der Waals surface area (Å²) in [5.74, 6) is -3.04. The zero-order chi connectivity index (χ0) is 75.1. The first-order valence-electron chi connectivity index (χ1n) is 34.5. The Kier molecular flexibility index (Phi) is 48.7. The second-order valence-corrected chi connectivity index (χ2v) is 23.8. The molecule has 2 fully saturated rings. The van der Waals surface area contributed by atoms with Crippen LogP contribution < -0.4 is 21.3 Å². The number of anilines is 4. The lowest BCUT2D eigenvalue weighted by molar-refractivity contribution is -0.143. The molecule has 8 aromatic carbocycles. The van der Waals surface area contributed by atoms with Crippen molar-refractivity contribution in [2.24, 2.45) is 0 Å². The van der Waals surface area contributed by atoms with Gasteiger partial charge < -0.3 is 30.7 Å². The average molecular weight is 1430 g/mol. The number of ether oxygens (including phenoxy) is 2.